The molecular weight excluding hydrogens is 312 g/mol. The van der Waals surface area contributed by atoms with Gasteiger partial charge in [-0.3, -0.25) is 4.79 Å². The Morgan fingerprint density at radius 1 is 1.20 bits per heavy atom. The summed E-state index contributed by atoms with van der Waals surface area (Å²) in [5, 5.41) is 7.12. The van der Waals surface area contributed by atoms with Gasteiger partial charge in [0.25, 0.3) is 0 Å². The van der Waals surface area contributed by atoms with E-state index in [1.165, 1.54) is 25.7 Å². The van der Waals surface area contributed by atoms with Gasteiger partial charge in [-0.05, 0) is 75.0 Å². The number of rotatable bonds is 1. The van der Waals surface area contributed by atoms with Crippen LogP contribution in [0.5, 0.6) is 0 Å². The quantitative estimate of drug-likeness (QED) is 0.765. The SMILES string of the molecule is C=C1CC[C@H]2C3CC[C@H]4CC(OC)CCC4(C)[C@H]3NC(=O)CC2(C)N1. The summed E-state index contributed by atoms with van der Waals surface area (Å²) in [5.41, 5.74) is 1.18. The first kappa shape index (κ1) is 17.4. The number of carbonyl (C=O) groups is 1. The lowest BCUT2D eigenvalue weighted by molar-refractivity contribution is -0.125. The minimum atomic E-state index is -0.133. The van der Waals surface area contributed by atoms with Crippen LogP contribution in [-0.4, -0.2) is 30.7 Å². The number of amides is 1. The average Bonchev–Trinajstić information content (AvgIpc) is 2.66. The van der Waals surface area contributed by atoms with E-state index in [0.29, 0.717) is 36.3 Å². The lowest BCUT2D eigenvalue weighted by Gasteiger charge is -2.57. The number of ether oxygens (including phenoxy) is 1. The molecule has 4 nitrogen and oxygen atoms in total. The van der Waals surface area contributed by atoms with Gasteiger partial charge in [-0.15, -0.1) is 0 Å². The van der Waals surface area contributed by atoms with Crippen molar-refractivity contribution in [3.8, 4) is 0 Å². The lowest BCUT2D eigenvalue weighted by Crippen LogP contribution is -2.60. The van der Waals surface area contributed by atoms with Gasteiger partial charge in [-0.25, -0.2) is 0 Å². The number of fused-ring (bicyclic) bond motifs is 5. The molecule has 2 saturated carbocycles. The number of hydrogen-bond donors (Lipinski definition) is 2. The smallest absolute Gasteiger partial charge is 0.222 e. The van der Waals surface area contributed by atoms with E-state index in [-0.39, 0.29) is 16.9 Å². The van der Waals surface area contributed by atoms with Crippen molar-refractivity contribution in [2.24, 2.45) is 23.2 Å². The fourth-order valence-corrected chi connectivity index (χ4v) is 6.83. The molecule has 0 aromatic rings. The van der Waals surface area contributed by atoms with Crippen molar-refractivity contribution >= 4 is 5.91 Å². The van der Waals surface area contributed by atoms with E-state index in [9.17, 15) is 4.79 Å². The van der Waals surface area contributed by atoms with E-state index >= 15 is 0 Å². The fourth-order valence-electron chi connectivity index (χ4n) is 6.83. The Morgan fingerprint density at radius 3 is 2.76 bits per heavy atom. The van der Waals surface area contributed by atoms with Crippen LogP contribution in [0.15, 0.2) is 12.3 Å². The first-order valence-corrected chi connectivity index (χ1v) is 10.1. The molecule has 4 fully saturated rings. The maximum Gasteiger partial charge on any atom is 0.222 e. The number of nitrogens with one attached hydrogen (secondary N) is 2. The van der Waals surface area contributed by atoms with Gasteiger partial charge in [-0.2, -0.15) is 0 Å². The summed E-state index contributed by atoms with van der Waals surface area (Å²) in [6.07, 6.45) is 9.15. The largest absolute Gasteiger partial charge is 0.383 e. The second kappa shape index (κ2) is 6.00. The Morgan fingerprint density at radius 2 is 2.00 bits per heavy atom. The molecule has 140 valence electrons. The first-order chi connectivity index (χ1) is 11.9. The molecule has 0 bridgehead atoms. The summed E-state index contributed by atoms with van der Waals surface area (Å²) in [5.74, 6) is 2.03. The molecule has 0 aromatic heterocycles. The zero-order chi connectivity index (χ0) is 17.8. The standard InChI is InChI=1S/C21H34N2O2/c1-13-5-8-17-16-7-6-14-11-15(25-4)9-10-20(14,2)19(16)22-18(24)12-21(17,3)23-13/h14-17,19,23H,1,5-12H2,2-4H3,(H,22,24)/t14-,15?,16?,17-,19-,20?,21?/m0/s1. The monoisotopic (exact) mass is 346 g/mol. The van der Waals surface area contributed by atoms with Crippen LogP contribution in [0.3, 0.4) is 0 Å². The maximum absolute atomic E-state index is 12.8. The Kier molecular flexibility index (Phi) is 4.18. The number of piperidine rings is 1. The topological polar surface area (TPSA) is 50.4 Å². The number of carbonyl (C=O) groups excluding carboxylic acids is 1. The van der Waals surface area contributed by atoms with E-state index < -0.39 is 0 Å². The molecule has 2 aliphatic carbocycles. The fraction of sp³-hybridized carbons (Fsp3) is 0.857. The highest BCUT2D eigenvalue weighted by molar-refractivity contribution is 5.78. The van der Waals surface area contributed by atoms with Crippen LogP contribution in [0.1, 0.15) is 65.2 Å². The van der Waals surface area contributed by atoms with Crippen molar-refractivity contribution in [2.45, 2.75) is 82.9 Å². The summed E-state index contributed by atoms with van der Waals surface area (Å²) in [6.45, 7) is 8.84. The molecule has 1 amide bonds. The average molecular weight is 347 g/mol. The molecule has 2 aliphatic heterocycles. The third kappa shape index (κ3) is 2.72. The van der Waals surface area contributed by atoms with E-state index in [0.717, 1.165) is 25.0 Å². The van der Waals surface area contributed by atoms with E-state index in [4.69, 9.17) is 4.74 Å². The van der Waals surface area contributed by atoms with Crippen molar-refractivity contribution in [2.75, 3.05) is 7.11 Å². The van der Waals surface area contributed by atoms with Gasteiger partial charge in [0.1, 0.15) is 0 Å². The van der Waals surface area contributed by atoms with E-state index in [1.807, 2.05) is 7.11 Å². The summed E-state index contributed by atoms with van der Waals surface area (Å²) < 4.78 is 5.67. The lowest BCUT2D eigenvalue weighted by atomic mass is 9.51. The van der Waals surface area contributed by atoms with Crippen LogP contribution in [0.25, 0.3) is 0 Å². The Labute approximate surface area is 152 Å². The molecular formula is C21H34N2O2. The van der Waals surface area contributed by atoms with Gasteiger partial charge >= 0.3 is 0 Å². The van der Waals surface area contributed by atoms with Crippen molar-refractivity contribution in [1.82, 2.24) is 10.6 Å². The summed E-state index contributed by atoms with van der Waals surface area (Å²) in [7, 11) is 1.85. The zero-order valence-electron chi connectivity index (χ0n) is 16.1. The molecule has 4 unspecified atom stereocenters. The molecule has 7 atom stereocenters. The zero-order valence-corrected chi connectivity index (χ0v) is 16.1. The molecule has 2 saturated heterocycles. The predicted octanol–water partition coefficient (Wildman–Crippen LogP) is 3.38. The number of hydrogen-bond acceptors (Lipinski definition) is 3. The predicted molar refractivity (Wildman–Crippen MR) is 98.9 cm³/mol. The van der Waals surface area contributed by atoms with Gasteiger partial charge in [0, 0.05) is 30.8 Å². The second-order valence-electron chi connectivity index (χ2n) is 9.59. The highest BCUT2D eigenvalue weighted by atomic mass is 16.5. The normalized spacial score (nSPS) is 49.8. The molecule has 25 heavy (non-hydrogen) atoms. The van der Waals surface area contributed by atoms with Gasteiger partial charge < -0.3 is 15.4 Å². The molecule has 0 spiro atoms. The van der Waals surface area contributed by atoms with Crippen molar-refractivity contribution in [3.63, 3.8) is 0 Å². The summed E-state index contributed by atoms with van der Waals surface area (Å²) in [4.78, 5) is 12.8. The van der Waals surface area contributed by atoms with Crippen molar-refractivity contribution in [1.29, 1.82) is 0 Å². The Bertz CT molecular complexity index is 576. The van der Waals surface area contributed by atoms with Crippen molar-refractivity contribution < 1.29 is 9.53 Å². The molecule has 0 radical (unpaired) electrons. The molecule has 2 heterocycles. The maximum atomic E-state index is 12.8. The molecule has 0 aromatic carbocycles. The Balaban J connectivity index is 1.66. The van der Waals surface area contributed by atoms with Crippen LogP contribution >= 0.6 is 0 Å². The van der Waals surface area contributed by atoms with Crippen molar-refractivity contribution in [3.05, 3.63) is 12.3 Å². The number of methoxy groups -OCH3 is 1. The van der Waals surface area contributed by atoms with Crippen LogP contribution in [0.2, 0.25) is 0 Å². The van der Waals surface area contributed by atoms with Gasteiger partial charge in [0.05, 0.1) is 6.10 Å². The molecule has 4 heteroatoms. The van der Waals surface area contributed by atoms with E-state index in [2.05, 4.69) is 31.1 Å². The van der Waals surface area contributed by atoms with E-state index in [1.54, 1.807) is 0 Å². The summed E-state index contributed by atoms with van der Waals surface area (Å²) >= 11 is 0. The summed E-state index contributed by atoms with van der Waals surface area (Å²) in [6, 6.07) is 0.316. The van der Waals surface area contributed by atoms with Crippen LogP contribution < -0.4 is 10.6 Å². The number of allylic oxidation sites excluding steroid dienone is 1. The highest BCUT2D eigenvalue weighted by Gasteiger charge is 2.57. The van der Waals surface area contributed by atoms with Crippen LogP contribution in [0.4, 0.5) is 0 Å². The van der Waals surface area contributed by atoms with Crippen LogP contribution in [0, 0.1) is 23.2 Å². The third-order valence-electron chi connectivity index (χ3n) is 8.20. The third-order valence-corrected chi connectivity index (χ3v) is 8.20. The first-order valence-electron chi connectivity index (χ1n) is 10.1. The van der Waals surface area contributed by atoms with Crippen LogP contribution in [-0.2, 0) is 9.53 Å². The van der Waals surface area contributed by atoms with Gasteiger partial charge in [-0.1, -0.05) is 13.5 Å². The highest BCUT2D eigenvalue weighted by Crippen LogP contribution is 2.56. The van der Waals surface area contributed by atoms with Gasteiger partial charge in [0.15, 0.2) is 0 Å². The minimum absolute atomic E-state index is 0.133. The minimum Gasteiger partial charge on any atom is -0.383 e. The second-order valence-corrected chi connectivity index (χ2v) is 9.59. The Hall–Kier alpha value is -1.03. The molecule has 2 N–H and O–H groups in total. The molecule has 4 aliphatic rings. The van der Waals surface area contributed by atoms with Gasteiger partial charge in [0.2, 0.25) is 5.91 Å². The molecule has 4 rings (SSSR count).